The normalized spacial score (nSPS) is 13.9. The number of rotatable bonds is 7. The number of hydrogen-bond donors (Lipinski definition) is 1. The van der Waals surface area contributed by atoms with Gasteiger partial charge in [-0.25, -0.2) is 9.78 Å². The molecule has 1 aliphatic rings. The van der Waals surface area contributed by atoms with Crippen LogP contribution in [0.3, 0.4) is 0 Å². The van der Waals surface area contributed by atoms with Gasteiger partial charge in [0.15, 0.2) is 0 Å². The van der Waals surface area contributed by atoms with E-state index in [1.165, 1.54) is 0 Å². The number of ether oxygens (including phenoxy) is 1. The average molecular weight is 491 g/mol. The number of carbonyl (C=O) groups excluding carboxylic acids is 2. The van der Waals surface area contributed by atoms with Crippen LogP contribution in [0, 0.1) is 0 Å². The smallest absolute Gasteiger partial charge is 0.870 e. The van der Waals surface area contributed by atoms with Gasteiger partial charge in [-0.3, -0.25) is 16.2 Å². The molecule has 8 heteroatoms. The number of nitrogens with one attached hydrogen (secondary N) is 1. The van der Waals surface area contributed by atoms with Gasteiger partial charge in [-0.2, -0.15) is 0 Å². The summed E-state index contributed by atoms with van der Waals surface area (Å²) in [7, 11) is 0. The van der Waals surface area contributed by atoms with E-state index < -0.39 is 6.09 Å². The fourth-order valence-corrected chi connectivity index (χ4v) is 4.05. The maximum atomic E-state index is 12.4. The van der Waals surface area contributed by atoms with Gasteiger partial charge in [-0.05, 0) is 35.7 Å². The zero-order chi connectivity index (χ0) is 23.5. The molecule has 0 bridgehead atoms. The second-order valence-corrected chi connectivity index (χ2v) is 8.54. The summed E-state index contributed by atoms with van der Waals surface area (Å²) in [5.74, 6) is 0.516. The molecule has 0 spiro atoms. The molecule has 36 heavy (non-hydrogen) atoms. The first kappa shape index (κ1) is 27.4. The van der Waals surface area contributed by atoms with E-state index in [-0.39, 0.29) is 46.6 Å². The van der Waals surface area contributed by atoms with Crippen LogP contribution < -0.4 is 34.9 Å². The van der Waals surface area contributed by atoms with Crippen LogP contribution in [0.2, 0.25) is 0 Å². The summed E-state index contributed by atoms with van der Waals surface area (Å²) < 4.78 is 7.30. The van der Waals surface area contributed by atoms with Crippen LogP contribution in [-0.2, 0) is 14.9 Å². The van der Waals surface area contributed by atoms with Gasteiger partial charge in [0.1, 0.15) is 18.2 Å². The van der Waals surface area contributed by atoms with Gasteiger partial charge >= 0.3 is 35.7 Å². The fraction of sp³-hybridized carbons (Fsp3) is 0.179. The molecular weight excluding hydrogens is 465 g/mol. The molecule has 5 rings (SSSR count). The Labute approximate surface area is 232 Å². The molecule has 1 fully saturated rings. The molecular formula is C28H25N3NaO4-. The Morgan fingerprint density at radius 2 is 1.61 bits per heavy atom. The number of nitrogens with zero attached hydrogens (tertiary/aromatic N) is 2. The molecule has 178 valence electrons. The zero-order valence-electron chi connectivity index (χ0n) is 20.2. The molecule has 4 aromatic rings. The summed E-state index contributed by atoms with van der Waals surface area (Å²) in [6.45, 7) is 1.83. The largest absolute Gasteiger partial charge is 1.00 e. The van der Waals surface area contributed by atoms with E-state index in [0.717, 1.165) is 40.8 Å². The number of benzene rings is 3. The first-order valence-corrected chi connectivity index (χ1v) is 11.2. The predicted octanol–water partition coefficient (Wildman–Crippen LogP) is 2.82. The molecule has 1 aromatic heterocycles. The molecule has 1 heterocycles. The van der Waals surface area contributed by atoms with E-state index in [0.29, 0.717) is 5.82 Å². The van der Waals surface area contributed by atoms with Crippen molar-refractivity contribution in [3.05, 3.63) is 103 Å². The second kappa shape index (κ2) is 11.7. The van der Waals surface area contributed by atoms with E-state index in [2.05, 4.69) is 16.6 Å². The van der Waals surface area contributed by atoms with Crippen LogP contribution in [0.5, 0.6) is 0 Å². The van der Waals surface area contributed by atoms with Gasteiger partial charge in [0.05, 0.1) is 6.20 Å². The Morgan fingerprint density at radius 1 is 1.00 bits per heavy atom. The van der Waals surface area contributed by atoms with Crippen molar-refractivity contribution in [3.63, 3.8) is 0 Å². The molecule has 2 N–H and O–H groups in total. The summed E-state index contributed by atoms with van der Waals surface area (Å²) in [6.07, 6.45) is 6.26. The minimum atomic E-state index is -0.546. The standard InChI is InChI=1S/C28H24N3O3.Na.H2O/c1-20(21-5-3-2-4-6-21)34-27(33)30-26-17-29-19-31(26)25-13-9-23(10-14-25)22-7-11-24(12-8-22)28(18-32)15-16-28;;/h2-14,17,19-20H,15-16H2,1H3,(H,30,33);;1H2/q-1;+1;/p-1/t20-;;/m1../s1. The Kier molecular flexibility index (Phi) is 8.87. The van der Waals surface area contributed by atoms with Gasteiger partial charge in [0.25, 0.3) is 0 Å². The quantitative estimate of drug-likeness (QED) is 0.317. The van der Waals surface area contributed by atoms with E-state index in [1.54, 1.807) is 17.1 Å². The Bertz CT molecular complexity index is 1300. The summed E-state index contributed by atoms with van der Waals surface area (Å²) in [6, 6.07) is 25.7. The number of carbonyl (C=O) groups is 1. The van der Waals surface area contributed by atoms with Crippen LogP contribution in [0.1, 0.15) is 37.0 Å². The number of hydrogen-bond acceptors (Lipinski definition) is 5. The van der Waals surface area contributed by atoms with Gasteiger partial charge in [-0.15, -0.1) is 5.41 Å². The maximum absolute atomic E-state index is 12.4. The van der Waals surface area contributed by atoms with Crippen LogP contribution in [0.25, 0.3) is 16.8 Å². The summed E-state index contributed by atoms with van der Waals surface area (Å²) in [5, 5.41) is 2.78. The molecule has 3 aromatic carbocycles. The molecule has 1 aliphatic carbocycles. The summed E-state index contributed by atoms with van der Waals surface area (Å²) in [4.78, 5) is 27.9. The first-order valence-electron chi connectivity index (χ1n) is 11.2. The van der Waals surface area contributed by atoms with E-state index in [4.69, 9.17) is 4.74 Å². The first-order chi connectivity index (χ1) is 16.6. The van der Waals surface area contributed by atoms with Crippen molar-refractivity contribution in [2.24, 2.45) is 0 Å². The second-order valence-electron chi connectivity index (χ2n) is 8.54. The van der Waals surface area contributed by atoms with Crippen LogP contribution in [0.4, 0.5) is 10.6 Å². The SMILES string of the molecule is C[C@@H](OC(=O)Nc1cncn1-c1ccc(-c2ccc(C3([C-]=O)CC3)cc2)cc1)c1ccccc1.[Na+].[OH-]. The van der Waals surface area contributed by atoms with Crippen LogP contribution in [-0.4, -0.2) is 27.4 Å². The molecule has 0 unspecified atom stereocenters. The Balaban J connectivity index is 0.00000180. The van der Waals surface area contributed by atoms with Crippen molar-refractivity contribution in [2.75, 3.05) is 5.32 Å². The van der Waals surface area contributed by atoms with Crippen LogP contribution >= 0.6 is 0 Å². The summed E-state index contributed by atoms with van der Waals surface area (Å²) in [5.41, 5.74) is 4.56. The molecule has 0 radical (unpaired) electrons. The Morgan fingerprint density at radius 3 is 2.19 bits per heavy atom. The van der Waals surface area contributed by atoms with Crippen molar-refractivity contribution in [3.8, 4) is 16.8 Å². The molecule has 1 amide bonds. The monoisotopic (exact) mass is 490 g/mol. The van der Waals surface area contributed by atoms with Crippen molar-refractivity contribution in [1.82, 2.24) is 9.55 Å². The third-order valence-corrected chi connectivity index (χ3v) is 6.28. The zero-order valence-corrected chi connectivity index (χ0v) is 22.2. The van der Waals surface area contributed by atoms with E-state index >= 15 is 0 Å². The van der Waals surface area contributed by atoms with Crippen molar-refractivity contribution < 1.29 is 49.4 Å². The molecule has 1 saturated carbocycles. The van der Waals surface area contributed by atoms with Gasteiger partial charge in [0.2, 0.25) is 0 Å². The van der Waals surface area contributed by atoms with Crippen molar-refractivity contribution >= 4 is 18.2 Å². The number of imidazole rings is 1. The minimum absolute atomic E-state index is 0. The molecule has 1 atom stereocenters. The summed E-state index contributed by atoms with van der Waals surface area (Å²) >= 11 is 0. The van der Waals surface area contributed by atoms with E-state index in [9.17, 15) is 9.59 Å². The molecule has 0 aliphatic heterocycles. The Hall–Kier alpha value is -3.23. The average Bonchev–Trinajstić information content (AvgIpc) is 3.56. The van der Waals surface area contributed by atoms with Crippen molar-refractivity contribution in [2.45, 2.75) is 31.3 Å². The number of anilines is 1. The minimum Gasteiger partial charge on any atom is -0.870 e. The molecule has 7 nitrogen and oxygen atoms in total. The van der Waals surface area contributed by atoms with Crippen LogP contribution in [0.15, 0.2) is 91.4 Å². The predicted molar refractivity (Wildman–Crippen MR) is 133 cm³/mol. The van der Waals surface area contributed by atoms with Gasteiger partial charge < -0.3 is 15.0 Å². The topological polar surface area (TPSA) is 103 Å². The molecule has 0 saturated heterocycles. The number of aromatic nitrogens is 2. The van der Waals surface area contributed by atoms with E-state index in [1.807, 2.05) is 85.8 Å². The number of amides is 1. The third kappa shape index (κ3) is 5.77. The third-order valence-electron chi connectivity index (χ3n) is 6.28. The fourth-order valence-electron chi connectivity index (χ4n) is 4.05. The maximum Gasteiger partial charge on any atom is 1.00 e. The van der Waals surface area contributed by atoms with Gasteiger partial charge in [-0.1, -0.05) is 85.1 Å². The van der Waals surface area contributed by atoms with Crippen molar-refractivity contribution in [1.29, 1.82) is 0 Å². The van der Waals surface area contributed by atoms with Gasteiger partial charge in [0, 0.05) is 5.69 Å².